The molecule has 2 aromatic rings. The van der Waals surface area contributed by atoms with Crippen molar-refractivity contribution in [3.8, 4) is 0 Å². The molecule has 2 rings (SSSR count). The van der Waals surface area contributed by atoms with E-state index in [0.29, 0.717) is 11.6 Å². The van der Waals surface area contributed by atoms with Crippen LogP contribution >= 0.6 is 23.8 Å². The first kappa shape index (κ1) is 18.4. The van der Waals surface area contributed by atoms with Gasteiger partial charge in [0.15, 0.2) is 0 Å². The molecule has 0 radical (unpaired) electrons. The van der Waals surface area contributed by atoms with Crippen LogP contribution in [0.25, 0.3) is 0 Å². The molecule has 0 aliphatic carbocycles. The van der Waals surface area contributed by atoms with Gasteiger partial charge in [0.05, 0.1) is 11.4 Å². The van der Waals surface area contributed by atoms with Crippen molar-refractivity contribution in [3.63, 3.8) is 0 Å². The molecular formula is C19H20ClNO2S. The Hall–Kier alpha value is -1.91. The largest absolute Gasteiger partial charge is 0.481 e. The van der Waals surface area contributed by atoms with Crippen molar-refractivity contribution in [2.24, 2.45) is 0 Å². The number of carboxylic acid groups (broad SMARTS) is 1. The molecule has 0 aliphatic rings. The van der Waals surface area contributed by atoms with Gasteiger partial charge in [0.2, 0.25) is 0 Å². The van der Waals surface area contributed by atoms with E-state index in [1.807, 2.05) is 30.3 Å². The number of thiocarbonyl (C=S) groups is 1. The predicted octanol–water partition coefficient (Wildman–Crippen LogP) is 4.45. The minimum Gasteiger partial charge on any atom is -0.481 e. The monoisotopic (exact) mass is 361 g/mol. The maximum absolute atomic E-state index is 11.1. The highest BCUT2D eigenvalue weighted by Crippen LogP contribution is 2.21. The molecule has 0 aromatic heterocycles. The molecule has 5 heteroatoms. The summed E-state index contributed by atoms with van der Waals surface area (Å²) in [5.74, 6) is -0.971. The zero-order chi connectivity index (χ0) is 17.4. The Bertz CT molecular complexity index is 674. The molecule has 126 valence electrons. The number of aryl methyl sites for hydroxylation is 1. The predicted molar refractivity (Wildman–Crippen MR) is 102 cm³/mol. The number of rotatable bonds is 8. The summed E-state index contributed by atoms with van der Waals surface area (Å²) in [7, 11) is 0. The van der Waals surface area contributed by atoms with E-state index < -0.39 is 5.97 Å². The minimum absolute atomic E-state index is 0.0515. The highest BCUT2D eigenvalue weighted by atomic mass is 35.5. The first-order valence-corrected chi connectivity index (χ1v) is 8.61. The zero-order valence-corrected chi connectivity index (χ0v) is 14.8. The van der Waals surface area contributed by atoms with Crippen molar-refractivity contribution >= 4 is 34.8 Å². The fraction of sp³-hybridized carbons (Fsp3) is 0.263. The van der Waals surface area contributed by atoms with Crippen molar-refractivity contribution in [2.45, 2.75) is 25.2 Å². The number of hydrogen-bond acceptors (Lipinski definition) is 2. The fourth-order valence-electron chi connectivity index (χ4n) is 2.48. The van der Waals surface area contributed by atoms with Crippen LogP contribution in [-0.2, 0) is 11.2 Å². The Morgan fingerprint density at radius 3 is 2.42 bits per heavy atom. The summed E-state index contributed by atoms with van der Waals surface area (Å²) >= 11 is 11.3. The van der Waals surface area contributed by atoms with Crippen LogP contribution in [0.3, 0.4) is 0 Å². The quantitative estimate of drug-likeness (QED) is 0.682. The van der Waals surface area contributed by atoms with Gasteiger partial charge in [0.25, 0.3) is 0 Å². The SMILES string of the molecule is O=C(O)CC(CNC(=S)CCc1ccccc1)c1ccc(Cl)cc1. The Kier molecular flexibility index (Phi) is 7.22. The van der Waals surface area contributed by atoms with Gasteiger partial charge in [-0.15, -0.1) is 0 Å². The number of hydrogen-bond donors (Lipinski definition) is 2. The molecule has 0 amide bonds. The van der Waals surface area contributed by atoms with Crippen LogP contribution in [0.1, 0.15) is 29.9 Å². The summed E-state index contributed by atoms with van der Waals surface area (Å²) in [6, 6.07) is 17.4. The first-order chi connectivity index (χ1) is 11.5. The third-order valence-corrected chi connectivity index (χ3v) is 4.39. The van der Waals surface area contributed by atoms with Crippen LogP contribution in [-0.4, -0.2) is 22.6 Å². The van der Waals surface area contributed by atoms with Gasteiger partial charge in [0, 0.05) is 23.9 Å². The van der Waals surface area contributed by atoms with Crippen molar-refractivity contribution in [2.75, 3.05) is 6.54 Å². The Morgan fingerprint density at radius 1 is 1.12 bits per heavy atom. The smallest absolute Gasteiger partial charge is 0.304 e. The van der Waals surface area contributed by atoms with Gasteiger partial charge >= 0.3 is 5.97 Å². The Morgan fingerprint density at radius 2 is 1.79 bits per heavy atom. The lowest BCUT2D eigenvalue weighted by molar-refractivity contribution is -0.137. The molecule has 0 aliphatic heterocycles. The average molecular weight is 362 g/mol. The minimum atomic E-state index is -0.827. The van der Waals surface area contributed by atoms with E-state index in [4.69, 9.17) is 28.9 Å². The molecule has 3 nitrogen and oxygen atoms in total. The van der Waals surface area contributed by atoms with Crippen LogP contribution in [0, 0.1) is 0 Å². The van der Waals surface area contributed by atoms with Crippen LogP contribution in [0.15, 0.2) is 54.6 Å². The molecule has 0 fully saturated rings. The molecule has 1 atom stereocenters. The van der Waals surface area contributed by atoms with Gasteiger partial charge in [0.1, 0.15) is 0 Å². The van der Waals surface area contributed by atoms with Crippen molar-refractivity contribution < 1.29 is 9.90 Å². The number of carbonyl (C=O) groups is 1. The van der Waals surface area contributed by atoms with E-state index in [2.05, 4.69) is 17.4 Å². The number of carboxylic acids is 1. The second kappa shape index (κ2) is 9.40. The maximum Gasteiger partial charge on any atom is 0.304 e. The van der Waals surface area contributed by atoms with Gasteiger partial charge in [-0.05, 0) is 29.7 Å². The molecule has 0 saturated carbocycles. The standard InChI is InChI=1S/C19H20ClNO2S/c20-17-9-7-15(8-10-17)16(12-19(22)23)13-21-18(24)11-6-14-4-2-1-3-5-14/h1-5,7-10,16H,6,11-13H2,(H,21,24)(H,22,23). The van der Waals surface area contributed by atoms with E-state index in [1.165, 1.54) is 5.56 Å². The van der Waals surface area contributed by atoms with Crippen molar-refractivity contribution in [3.05, 3.63) is 70.7 Å². The van der Waals surface area contributed by atoms with E-state index in [1.54, 1.807) is 12.1 Å². The normalized spacial score (nSPS) is 11.7. The summed E-state index contributed by atoms with van der Waals surface area (Å²) in [6.45, 7) is 0.502. The van der Waals surface area contributed by atoms with E-state index in [-0.39, 0.29) is 12.3 Å². The topological polar surface area (TPSA) is 49.3 Å². The fourth-order valence-corrected chi connectivity index (χ4v) is 2.79. The molecule has 2 aromatic carbocycles. The average Bonchev–Trinajstić information content (AvgIpc) is 2.58. The lowest BCUT2D eigenvalue weighted by Crippen LogP contribution is -2.28. The number of halogens is 1. The van der Waals surface area contributed by atoms with Gasteiger partial charge < -0.3 is 10.4 Å². The molecule has 2 N–H and O–H groups in total. The van der Waals surface area contributed by atoms with Crippen LogP contribution in [0.4, 0.5) is 0 Å². The van der Waals surface area contributed by atoms with Gasteiger partial charge in [-0.3, -0.25) is 4.79 Å². The highest BCUT2D eigenvalue weighted by Gasteiger charge is 2.16. The Balaban J connectivity index is 1.88. The van der Waals surface area contributed by atoms with Gasteiger partial charge in [-0.1, -0.05) is 66.3 Å². The number of benzene rings is 2. The summed E-state index contributed by atoms with van der Waals surface area (Å²) < 4.78 is 0. The molecule has 0 saturated heterocycles. The van der Waals surface area contributed by atoms with E-state index in [0.717, 1.165) is 23.4 Å². The van der Waals surface area contributed by atoms with E-state index >= 15 is 0 Å². The number of nitrogens with one attached hydrogen (secondary N) is 1. The lowest BCUT2D eigenvalue weighted by Gasteiger charge is -2.17. The summed E-state index contributed by atoms with van der Waals surface area (Å²) in [4.78, 5) is 11.9. The molecule has 24 heavy (non-hydrogen) atoms. The molecule has 1 unspecified atom stereocenters. The highest BCUT2D eigenvalue weighted by molar-refractivity contribution is 7.80. The second-order valence-corrected chi connectivity index (χ2v) is 6.57. The molecular weight excluding hydrogens is 342 g/mol. The van der Waals surface area contributed by atoms with Crippen LogP contribution in [0.2, 0.25) is 5.02 Å². The maximum atomic E-state index is 11.1. The van der Waals surface area contributed by atoms with Crippen molar-refractivity contribution in [1.82, 2.24) is 5.32 Å². The first-order valence-electron chi connectivity index (χ1n) is 7.82. The van der Waals surface area contributed by atoms with Crippen LogP contribution in [0.5, 0.6) is 0 Å². The summed E-state index contributed by atoms with van der Waals surface area (Å²) in [6.07, 6.45) is 1.67. The summed E-state index contributed by atoms with van der Waals surface area (Å²) in [5, 5.41) is 13.0. The van der Waals surface area contributed by atoms with Crippen molar-refractivity contribution in [1.29, 1.82) is 0 Å². The molecule has 0 spiro atoms. The lowest BCUT2D eigenvalue weighted by atomic mass is 9.95. The molecule has 0 heterocycles. The number of aliphatic carboxylic acids is 1. The van der Waals surface area contributed by atoms with Gasteiger partial charge in [-0.25, -0.2) is 0 Å². The third-order valence-electron chi connectivity index (χ3n) is 3.79. The van der Waals surface area contributed by atoms with Gasteiger partial charge in [-0.2, -0.15) is 0 Å². The molecule has 0 bridgehead atoms. The second-order valence-electron chi connectivity index (χ2n) is 5.64. The summed E-state index contributed by atoms with van der Waals surface area (Å²) in [5.41, 5.74) is 2.18. The third kappa shape index (κ3) is 6.30. The van der Waals surface area contributed by atoms with Crippen LogP contribution < -0.4 is 5.32 Å². The van der Waals surface area contributed by atoms with E-state index in [9.17, 15) is 4.79 Å². The zero-order valence-electron chi connectivity index (χ0n) is 13.2. The Labute approximate surface area is 152 Å².